The average molecular weight is 309 g/mol. The molecule has 0 fully saturated rings. The summed E-state index contributed by atoms with van der Waals surface area (Å²) in [5.41, 5.74) is 0.443. The second kappa shape index (κ2) is 6.92. The lowest BCUT2D eigenvalue weighted by Gasteiger charge is -2.13. The lowest BCUT2D eigenvalue weighted by molar-refractivity contribution is -0.136. The maximum absolute atomic E-state index is 11.8. The summed E-state index contributed by atoms with van der Waals surface area (Å²) in [5.74, 6) is -1.35. The van der Waals surface area contributed by atoms with E-state index in [0.717, 1.165) is 0 Å². The number of aliphatic hydroxyl groups excluding tert-OH is 1. The van der Waals surface area contributed by atoms with Crippen molar-refractivity contribution in [1.29, 1.82) is 0 Å². The number of hydrogen-bond donors (Lipinski definition) is 3. The van der Waals surface area contributed by atoms with Crippen molar-refractivity contribution < 1.29 is 19.1 Å². The molecule has 2 aromatic rings. The Kier molecular flexibility index (Phi) is 4.97. The van der Waals surface area contributed by atoms with Gasteiger partial charge in [-0.25, -0.2) is 0 Å². The van der Waals surface area contributed by atoms with Crippen LogP contribution in [-0.2, 0) is 9.59 Å². The van der Waals surface area contributed by atoms with Crippen LogP contribution in [0.2, 0.25) is 5.02 Å². The Labute approximate surface area is 125 Å². The molecule has 0 saturated heterocycles. The van der Waals surface area contributed by atoms with Gasteiger partial charge in [-0.05, 0) is 36.4 Å². The molecule has 0 aliphatic heterocycles. The number of aliphatic hydroxyl groups is 1. The molecular formula is C14H13ClN2O4. The minimum absolute atomic E-state index is 0.366. The van der Waals surface area contributed by atoms with E-state index in [1.165, 1.54) is 6.26 Å². The number of hydrogen-bond acceptors (Lipinski definition) is 4. The van der Waals surface area contributed by atoms with Crippen LogP contribution in [0.5, 0.6) is 0 Å². The molecule has 6 nitrogen and oxygen atoms in total. The summed E-state index contributed by atoms with van der Waals surface area (Å²) in [6.07, 6.45) is 1.41. The average Bonchev–Trinajstić information content (AvgIpc) is 3.01. The summed E-state index contributed by atoms with van der Waals surface area (Å²) in [6.45, 7) is -0.381. The van der Waals surface area contributed by atoms with Crippen molar-refractivity contribution in [3.05, 3.63) is 53.4 Å². The molecule has 1 heterocycles. The van der Waals surface area contributed by atoms with E-state index < -0.39 is 17.9 Å². The number of halogens is 1. The third kappa shape index (κ3) is 4.08. The van der Waals surface area contributed by atoms with Crippen molar-refractivity contribution in [2.75, 3.05) is 11.9 Å². The summed E-state index contributed by atoms with van der Waals surface area (Å²) in [5, 5.41) is 14.6. The molecule has 21 heavy (non-hydrogen) atoms. The summed E-state index contributed by atoms with van der Waals surface area (Å²) >= 11 is 5.73. The van der Waals surface area contributed by atoms with E-state index in [-0.39, 0.29) is 6.61 Å². The minimum atomic E-state index is -0.875. The van der Waals surface area contributed by atoms with E-state index in [4.69, 9.17) is 16.0 Å². The lowest BCUT2D eigenvalue weighted by atomic mass is 10.2. The minimum Gasteiger partial charge on any atom is -0.467 e. The zero-order valence-electron chi connectivity index (χ0n) is 10.9. The molecule has 1 aromatic heterocycles. The summed E-state index contributed by atoms with van der Waals surface area (Å²) in [6, 6.07) is 8.77. The van der Waals surface area contributed by atoms with Crippen molar-refractivity contribution in [2.24, 2.45) is 0 Å². The van der Waals surface area contributed by atoms with E-state index >= 15 is 0 Å². The van der Waals surface area contributed by atoms with E-state index in [0.29, 0.717) is 16.5 Å². The monoisotopic (exact) mass is 308 g/mol. The highest BCUT2D eigenvalue weighted by molar-refractivity contribution is 6.39. The Balaban J connectivity index is 1.96. The second-order valence-electron chi connectivity index (χ2n) is 4.19. The molecule has 0 saturated carbocycles. The number of anilines is 1. The number of nitrogens with one attached hydrogen (secondary N) is 2. The Morgan fingerprint density at radius 1 is 1.19 bits per heavy atom. The highest BCUT2D eigenvalue weighted by atomic mass is 35.5. The van der Waals surface area contributed by atoms with Crippen LogP contribution in [-0.4, -0.2) is 23.5 Å². The Morgan fingerprint density at radius 3 is 2.48 bits per heavy atom. The molecule has 1 atom stereocenters. The van der Waals surface area contributed by atoms with Crippen LogP contribution in [0.4, 0.5) is 5.69 Å². The fraction of sp³-hybridized carbons (Fsp3) is 0.143. The largest absolute Gasteiger partial charge is 0.467 e. The van der Waals surface area contributed by atoms with Gasteiger partial charge in [-0.2, -0.15) is 0 Å². The molecular weight excluding hydrogens is 296 g/mol. The Morgan fingerprint density at radius 2 is 1.90 bits per heavy atom. The van der Waals surface area contributed by atoms with Crippen LogP contribution in [0.3, 0.4) is 0 Å². The van der Waals surface area contributed by atoms with E-state index in [9.17, 15) is 14.7 Å². The molecule has 0 aliphatic rings. The van der Waals surface area contributed by atoms with Crippen molar-refractivity contribution >= 4 is 29.1 Å². The number of amides is 2. The van der Waals surface area contributed by atoms with Crippen molar-refractivity contribution in [3.63, 3.8) is 0 Å². The molecule has 2 rings (SSSR count). The van der Waals surface area contributed by atoms with Crippen molar-refractivity contribution in [2.45, 2.75) is 6.04 Å². The number of benzene rings is 1. The molecule has 110 valence electrons. The van der Waals surface area contributed by atoms with Gasteiger partial charge in [0.05, 0.1) is 12.9 Å². The fourth-order valence-corrected chi connectivity index (χ4v) is 1.77. The van der Waals surface area contributed by atoms with E-state index in [2.05, 4.69) is 10.6 Å². The zero-order chi connectivity index (χ0) is 15.2. The first kappa shape index (κ1) is 15.1. The summed E-state index contributed by atoms with van der Waals surface area (Å²) < 4.78 is 5.08. The van der Waals surface area contributed by atoms with Crippen molar-refractivity contribution in [1.82, 2.24) is 5.32 Å². The number of rotatable bonds is 4. The van der Waals surface area contributed by atoms with Gasteiger partial charge in [0.2, 0.25) is 0 Å². The number of carbonyl (C=O) groups is 2. The SMILES string of the molecule is O=C(Nc1ccc(Cl)cc1)C(=O)NC(CO)c1ccco1. The van der Waals surface area contributed by atoms with Gasteiger partial charge in [0.1, 0.15) is 11.8 Å². The van der Waals surface area contributed by atoms with Crippen LogP contribution in [0, 0.1) is 0 Å². The topological polar surface area (TPSA) is 91.6 Å². The first-order chi connectivity index (χ1) is 10.1. The third-order valence-electron chi connectivity index (χ3n) is 2.68. The predicted octanol–water partition coefficient (Wildman–Crippen LogP) is 1.72. The third-order valence-corrected chi connectivity index (χ3v) is 2.93. The first-order valence-corrected chi connectivity index (χ1v) is 6.49. The molecule has 0 radical (unpaired) electrons. The maximum atomic E-state index is 11.8. The standard InChI is InChI=1S/C14H13ClN2O4/c15-9-3-5-10(6-4-9)16-13(19)14(20)17-11(8-18)12-2-1-7-21-12/h1-7,11,18H,8H2,(H,16,19)(H,17,20). The van der Waals surface area contributed by atoms with Crippen LogP contribution in [0.15, 0.2) is 47.1 Å². The predicted molar refractivity (Wildman–Crippen MR) is 76.8 cm³/mol. The number of furan rings is 1. The molecule has 0 bridgehead atoms. The van der Waals surface area contributed by atoms with Crippen LogP contribution in [0.25, 0.3) is 0 Å². The van der Waals surface area contributed by atoms with Crippen LogP contribution < -0.4 is 10.6 Å². The molecule has 2 amide bonds. The normalized spacial score (nSPS) is 11.7. The molecule has 0 spiro atoms. The summed E-state index contributed by atoms with van der Waals surface area (Å²) in [7, 11) is 0. The Bertz CT molecular complexity index is 610. The lowest BCUT2D eigenvalue weighted by Crippen LogP contribution is -2.38. The molecule has 0 aliphatic carbocycles. The van der Waals surface area contributed by atoms with Crippen LogP contribution >= 0.6 is 11.6 Å². The van der Waals surface area contributed by atoms with E-state index in [1.54, 1.807) is 36.4 Å². The fourth-order valence-electron chi connectivity index (χ4n) is 1.64. The van der Waals surface area contributed by atoms with Gasteiger partial charge in [-0.3, -0.25) is 9.59 Å². The molecule has 1 aromatic carbocycles. The van der Waals surface area contributed by atoms with Gasteiger partial charge in [0.15, 0.2) is 0 Å². The second-order valence-corrected chi connectivity index (χ2v) is 4.62. The zero-order valence-corrected chi connectivity index (χ0v) is 11.6. The highest BCUT2D eigenvalue weighted by Gasteiger charge is 2.21. The number of carbonyl (C=O) groups excluding carboxylic acids is 2. The quantitative estimate of drug-likeness (QED) is 0.750. The summed E-state index contributed by atoms with van der Waals surface area (Å²) in [4.78, 5) is 23.5. The van der Waals surface area contributed by atoms with Gasteiger partial charge < -0.3 is 20.2 Å². The van der Waals surface area contributed by atoms with E-state index in [1.807, 2.05) is 0 Å². The van der Waals surface area contributed by atoms with Crippen molar-refractivity contribution in [3.8, 4) is 0 Å². The van der Waals surface area contributed by atoms with Crippen LogP contribution in [0.1, 0.15) is 11.8 Å². The first-order valence-electron chi connectivity index (χ1n) is 6.12. The van der Waals surface area contributed by atoms with Gasteiger partial charge in [0, 0.05) is 10.7 Å². The van der Waals surface area contributed by atoms with Gasteiger partial charge in [-0.1, -0.05) is 11.6 Å². The Hall–Kier alpha value is -2.31. The smallest absolute Gasteiger partial charge is 0.313 e. The van der Waals surface area contributed by atoms with Gasteiger partial charge >= 0.3 is 11.8 Å². The molecule has 1 unspecified atom stereocenters. The molecule has 3 N–H and O–H groups in total. The maximum Gasteiger partial charge on any atom is 0.313 e. The molecule has 7 heteroatoms. The van der Waals surface area contributed by atoms with Gasteiger partial charge in [-0.15, -0.1) is 0 Å². The van der Waals surface area contributed by atoms with Gasteiger partial charge in [0.25, 0.3) is 0 Å². The highest BCUT2D eigenvalue weighted by Crippen LogP contribution is 2.14.